The van der Waals surface area contributed by atoms with Gasteiger partial charge in [-0.15, -0.1) is 11.3 Å². The van der Waals surface area contributed by atoms with E-state index >= 15 is 0 Å². The van der Waals surface area contributed by atoms with Crippen LogP contribution in [0.2, 0.25) is 0 Å². The van der Waals surface area contributed by atoms with Crippen LogP contribution in [0, 0.1) is 5.82 Å². The van der Waals surface area contributed by atoms with Crippen molar-refractivity contribution in [2.45, 2.75) is 12.5 Å². The third-order valence-corrected chi connectivity index (χ3v) is 5.31. The normalized spacial score (nSPS) is 12.7. The fraction of sp³-hybridized carbons (Fsp3) is 0.188. The van der Waals surface area contributed by atoms with E-state index in [4.69, 9.17) is 0 Å². The summed E-state index contributed by atoms with van der Waals surface area (Å²) >= 11 is 5.16. The van der Waals surface area contributed by atoms with Crippen molar-refractivity contribution >= 4 is 37.5 Å². The van der Waals surface area contributed by atoms with Crippen molar-refractivity contribution in [3.8, 4) is 0 Å². The van der Waals surface area contributed by atoms with Gasteiger partial charge in [-0.1, -0.05) is 28.1 Å². The smallest absolute Gasteiger partial charge is 0.123 e. The van der Waals surface area contributed by atoms with Crippen molar-refractivity contribution < 1.29 is 4.39 Å². The molecule has 1 atom stereocenters. The van der Waals surface area contributed by atoms with Gasteiger partial charge in [-0.25, -0.2) is 9.37 Å². The van der Waals surface area contributed by atoms with Crippen LogP contribution < -0.4 is 5.32 Å². The Labute approximate surface area is 135 Å². The first-order chi connectivity index (χ1) is 10.2. The summed E-state index contributed by atoms with van der Waals surface area (Å²) in [6.45, 7) is 0. The van der Waals surface area contributed by atoms with E-state index in [1.54, 1.807) is 23.5 Å². The Hall–Kier alpha value is -1.30. The number of hydrogen-bond donors (Lipinski definition) is 1. The Kier molecular flexibility index (Phi) is 4.33. The Bertz CT molecular complexity index is 739. The van der Waals surface area contributed by atoms with Gasteiger partial charge in [0.05, 0.1) is 16.3 Å². The van der Waals surface area contributed by atoms with Crippen LogP contribution >= 0.6 is 27.3 Å². The third kappa shape index (κ3) is 3.15. The minimum absolute atomic E-state index is 0.0699. The number of fused-ring (bicyclic) bond motifs is 1. The summed E-state index contributed by atoms with van der Waals surface area (Å²) in [7, 11) is 1.91. The summed E-state index contributed by atoms with van der Waals surface area (Å²) in [6, 6.07) is 12.9. The van der Waals surface area contributed by atoms with Gasteiger partial charge in [0.1, 0.15) is 10.8 Å². The van der Waals surface area contributed by atoms with Crippen LogP contribution in [-0.4, -0.2) is 12.0 Å². The van der Waals surface area contributed by atoms with Gasteiger partial charge in [0.25, 0.3) is 0 Å². The number of halogens is 2. The van der Waals surface area contributed by atoms with E-state index in [1.807, 2.05) is 25.2 Å². The Balaban J connectivity index is 1.92. The topological polar surface area (TPSA) is 24.9 Å². The lowest BCUT2D eigenvalue weighted by Gasteiger charge is -2.14. The zero-order valence-corrected chi connectivity index (χ0v) is 13.8. The monoisotopic (exact) mass is 364 g/mol. The number of aromatic nitrogens is 1. The highest BCUT2D eigenvalue weighted by atomic mass is 79.9. The Morgan fingerprint density at radius 3 is 2.86 bits per heavy atom. The van der Waals surface area contributed by atoms with Crippen molar-refractivity contribution in [1.29, 1.82) is 0 Å². The summed E-state index contributed by atoms with van der Waals surface area (Å²) in [4.78, 5) is 4.68. The summed E-state index contributed by atoms with van der Waals surface area (Å²) < 4.78 is 15.5. The first-order valence-electron chi connectivity index (χ1n) is 6.64. The SMILES string of the molecule is CNC(Cc1cc(F)ccc1Br)c1nc2ccccc2s1. The van der Waals surface area contributed by atoms with Crippen LogP contribution in [-0.2, 0) is 6.42 Å². The highest BCUT2D eigenvalue weighted by Gasteiger charge is 2.16. The van der Waals surface area contributed by atoms with E-state index < -0.39 is 0 Å². The van der Waals surface area contributed by atoms with E-state index in [0.29, 0.717) is 6.42 Å². The van der Waals surface area contributed by atoms with Crippen LogP contribution in [0.1, 0.15) is 16.6 Å². The summed E-state index contributed by atoms with van der Waals surface area (Å²) in [5.41, 5.74) is 1.95. The molecule has 0 saturated carbocycles. The number of nitrogens with one attached hydrogen (secondary N) is 1. The standard InChI is InChI=1S/C16H14BrFN2S/c1-19-14(9-10-8-11(18)6-7-12(10)17)16-20-13-4-2-3-5-15(13)21-16/h2-8,14,19H,9H2,1H3. The van der Waals surface area contributed by atoms with Gasteiger partial charge >= 0.3 is 0 Å². The maximum atomic E-state index is 13.4. The second-order valence-electron chi connectivity index (χ2n) is 4.80. The molecule has 1 N–H and O–H groups in total. The van der Waals surface area contributed by atoms with Gasteiger partial charge < -0.3 is 5.32 Å². The third-order valence-electron chi connectivity index (χ3n) is 3.39. The molecule has 0 bridgehead atoms. The maximum absolute atomic E-state index is 13.4. The molecule has 3 rings (SSSR count). The minimum Gasteiger partial charge on any atom is -0.311 e. The fourth-order valence-electron chi connectivity index (χ4n) is 2.27. The molecule has 1 aromatic heterocycles. The molecule has 3 aromatic rings. The molecule has 5 heteroatoms. The largest absolute Gasteiger partial charge is 0.311 e. The van der Waals surface area contributed by atoms with E-state index in [-0.39, 0.29) is 11.9 Å². The molecule has 0 amide bonds. The number of para-hydroxylation sites is 1. The van der Waals surface area contributed by atoms with Gasteiger partial charge in [-0.3, -0.25) is 0 Å². The molecule has 0 radical (unpaired) electrons. The molecule has 21 heavy (non-hydrogen) atoms. The number of benzene rings is 2. The molecule has 1 unspecified atom stereocenters. The van der Waals surface area contributed by atoms with Crippen molar-refractivity contribution in [2.75, 3.05) is 7.05 Å². The number of nitrogens with zero attached hydrogens (tertiary/aromatic N) is 1. The van der Waals surface area contributed by atoms with Crippen LogP contribution in [0.15, 0.2) is 46.9 Å². The van der Waals surface area contributed by atoms with Crippen LogP contribution in [0.25, 0.3) is 10.2 Å². The summed E-state index contributed by atoms with van der Waals surface area (Å²) in [6.07, 6.45) is 0.689. The molecular weight excluding hydrogens is 351 g/mol. The van der Waals surface area contributed by atoms with Gasteiger partial charge in [0.15, 0.2) is 0 Å². The highest BCUT2D eigenvalue weighted by molar-refractivity contribution is 9.10. The molecule has 2 nitrogen and oxygen atoms in total. The molecule has 108 valence electrons. The van der Waals surface area contributed by atoms with E-state index in [2.05, 4.69) is 32.3 Å². The number of hydrogen-bond acceptors (Lipinski definition) is 3. The van der Waals surface area contributed by atoms with E-state index in [1.165, 1.54) is 10.8 Å². The second kappa shape index (κ2) is 6.22. The molecule has 0 spiro atoms. The number of thiazole rings is 1. The molecule has 0 saturated heterocycles. The van der Waals surface area contributed by atoms with Crippen molar-refractivity contribution in [3.63, 3.8) is 0 Å². The van der Waals surface area contributed by atoms with Crippen molar-refractivity contribution in [3.05, 3.63) is 63.3 Å². The molecular formula is C16H14BrFN2S. The summed E-state index contributed by atoms with van der Waals surface area (Å²) in [5.74, 6) is -0.215. The average Bonchev–Trinajstić information content (AvgIpc) is 2.91. The quantitative estimate of drug-likeness (QED) is 0.725. The molecule has 0 fully saturated rings. The Morgan fingerprint density at radius 1 is 1.29 bits per heavy atom. The summed E-state index contributed by atoms with van der Waals surface area (Å²) in [5, 5.41) is 4.30. The maximum Gasteiger partial charge on any atom is 0.123 e. The van der Waals surface area contributed by atoms with Crippen molar-refractivity contribution in [1.82, 2.24) is 10.3 Å². The fourth-order valence-corrected chi connectivity index (χ4v) is 3.76. The van der Waals surface area contributed by atoms with Gasteiger partial charge in [-0.05, 0) is 49.4 Å². The molecule has 0 aliphatic rings. The second-order valence-corrected chi connectivity index (χ2v) is 6.72. The van der Waals surface area contributed by atoms with Gasteiger partial charge in [0, 0.05) is 4.47 Å². The predicted octanol–water partition coefficient (Wildman–Crippen LogP) is 4.70. The van der Waals surface area contributed by atoms with Crippen molar-refractivity contribution in [2.24, 2.45) is 0 Å². The molecule has 2 aromatic carbocycles. The zero-order chi connectivity index (χ0) is 14.8. The van der Waals surface area contributed by atoms with E-state index in [0.717, 1.165) is 20.6 Å². The van der Waals surface area contributed by atoms with Crippen LogP contribution in [0.3, 0.4) is 0 Å². The lowest BCUT2D eigenvalue weighted by molar-refractivity contribution is 0.581. The highest BCUT2D eigenvalue weighted by Crippen LogP contribution is 2.30. The van der Waals surface area contributed by atoms with Crippen LogP contribution in [0.4, 0.5) is 4.39 Å². The lowest BCUT2D eigenvalue weighted by Crippen LogP contribution is -2.18. The predicted molar refractivity (Wildman–Crippen MR) is 89.2 cm³/mol. The number of likely N-dealkylation sites (N-methyl/N-ethyl adjacent to an activating group) is 1. The lowest BCUT2D eigenvalue weighted by atomic mass is 10.1. The average molecular weight is 365 g/mol. The van der Waals surface area contributed by atoms with Gasteiger partial charge in [-0.2, -0.15) is 0 Å². The minimum atomic E-state index is -0.215. The van der Waals surface area contributed by atoms with E-state index in [9.17, 15) is 4.39 Å². The van der Waals surface area contributed by atoms with Crippen LogP contribution in [0.5, 0.6) is 0 Å². The molecule has 1 heterocycles. The zero-order valence-electron chi connectivity index (χ0n) is 11.4. The molecule has 0 aliphatic heterocycles. The molecule has 0 aliphatic carbocycles. The first kappa shape index (κ1) is 14.6. The Morgan fingerprint density at radius 2 is 2.10 bits per heavy atom. The number of rotatable bonds is 4. The van der Waals surface area contributed by atoms with Gasteiger partial charge in [0.2, 0.25) is 0 Å². The first-order valence-corrected chi connectivity index (χ1v) is 8.25.